The van der Waals surface area contributed by atoms with Gasteiger partial charge in [-0.15, -0.1) is 0 Å². The Kier molecular flexibility index (Phi) is 3.23. The standard InChI is InChI=1S/C13H14N4O/c1-8-5-9(2)16-12(6-8)17-13(18)11-7-10(14)3-4-15-11/h3-7H,1-2H3,(H2,14,15)(H,16,17,18). The van der Waals surface area contributed by atoms with Crippen molar-refractivity contribution in [3.63, 3.8) is 0 Å². The smallest absolute Gasteiger partial charge is 0.275 e. The lowest BCUT2D eigenvalue weighted by Crippen LogP contribution is -2.15. The van der Waals surface area contributed by atoms with Crippen LogP contribution in [0.1, 0.15) is 21.7 Å². The van der Waals surface area contributed by atoms with Crippen LogP contribution in [0.5, 0.6) is 0 Å². The normalized spacial score (nSPS) is 10.1. The molecule has 2 aromatic heterocycles. The fraction of sp³-hybridized carbons (Fsp3) is 0.154. The molecule has 5 nitrogen and oxygen atoms in total. The number of carbonyl (C=O) groups excluding carboxylic acids is 1. The molecule has 0 saturated carbocycles. The number of nitrogens with zero attached hydrogens (tertiary/aromatic N) is 2. The highest BCUT2D eigenvalue weighted by molar-refractivity contribution is 6.02. The predicted octanol–water partition coefficient (Wildman–Crippen LogP) is 1.93. The first-order valence-corrected chi connectivity index (χ1v) is 5.53. The van der Waals surface area contributed by atoms with Crippen LogP contribution in [0.2, 0.25) is 0 Å². The van der Waals surface area contributed by atoms with E-state index in [2.05, 4.69) is 15.3 Å². The van der Waals surface area contributed by atoms with E-state index in [9.17, 15) is 4.79 Å². The molecule has 0 aliphatic heterocycles. The maximum Gasteiger partial charge on any atom is 0.275 e. The largest absolute Gasteiger partial charge is 0.399 e. The van der Waals surface area contributed by atoms with Gasteiger partial charge in [0.05, 0.1) is 0 Å². The highest BCUT2D eigenvalue weighted by atomic mass is 16.1. The van der Waals surface area contributed by atoms with Crippen LogP contribution in [-0.4, -0.2) is 15.9 Å². The second kappa shape index (κ2) is 4.83. The van der Waals surface area contributed by atoms with E-state index in [1.54, 1.807) is 12.1 Å². The Morgan fingerprint density at radius 2 is 2.06 bits per heavy atom. The maximum absolute atomic E-state index is 11.9. The van der Waals surface area contributed by atoms with Gasteiger partial charge in [0.1, 0.15) is 11.5 Å². The fourth-order valence-electron chi connectivity index (χ4n) is 1.66. The van der Waals surface area contributed by atoms with Gasteiger partial charge in [-0.25, -0.2) is 4.98 Å². The van der Waals surface area contributed by atoms with Crippen LogP contribution in [0.3, 0.4) is 0 Å². The molecule has 2 heterocycles. The van der Waals surface area contributed by atoms with Gasteiger partial charge < -0.3 is 11.1 Å². The molecule has 18 heavy (non-hydrogen) atoms. The lowest BCUT2D eigenvalue weighted by Gasteiger charge is -2.06. The predicted molar refractivity (Wildman–Crippen MR) is 70.3 cm³/mol. The number of carbonyl (C=O) groups is 1. The van der Waals surface area contributed by atoms with E-state index in [-0.39, 0.29) is 11.6 Å². The van der Waals surface area contributed by atoms with Crippen LogP contribution >= 0.6 is 0 Å². The summed E-state index contributed by atoms with van der Waals surface area (Å²) in [4.78, 5) is 20.1. The van der Waals surface area contributed by atoms with Crippen LogP contribution < -0.4 is 11.1 Å². The second-order valence-corrected chi connectivity index (χ2v) is 4.10. The molecular weight excluding hydrogens is 228 g/mol. The highest BCUT2D eigenvalue weighted by Gasteiger charge is 2.09. The zero-order valence-electron chi connectivity index (χ0n) is 10.3. The molecular formula is C13H14N4O. The summed E-state index contributed by atoms with van der Waals surface area (Å²) in [5.41, 5.74) is 8.27. The van der Waals surface area contributed by atoms with Crippen molar-refractivity contribution in [3.05, 3.63) is 47.4 Å². The van der Waals surface area contributed by atoms with Crippen molar-refractivity contribution in [2.24, 2.45) is 0 Å². The summed E-state index contributed by atoms with van der Waals surface area (Å²) in [7, 11) is 0. The number of hydrogen-bond acceptors (Lipinski definition) is 4. The molecule has 0 bridgehead atoms. The monoisotopic (exact) mass is 242 g/mol. The first-order chi connectivity index (χ1) is 8.54. The average molecular weight is 242 g/mol. The van der Waals surface area contributed by atoms with Crippen molar-refractivity contribution in [2.75, 3.05) is 11.1 Å². The minimum absolute atomic E-state index is 0.274. The molecule has 92 valence electrons. The number of nitrogens with two attached hydrogens (primary N) is 1. The van der Waals surface area contributed by atoms with Crippen molar-refractivity contribution in [1.29, 1.82) is 0 Å². The van der Waals surface area contributed by atoms with Gasteiger partial charge in [0, 0.05) is 17.6 Å². The van der Waals surface area contributed by atoms with E-state index in [4.69, 9.17) is 5.73 Å². The summed E-state index contributed by atoms with van der Waals surface area (Å²) in [5.74, 6) is 0.196. The van der Waals surface area contributed by atoms with Crippen molar-refractivity contribution >= 4 is 17.4 Å². The Morgan fingerprint density at radius 3 is 2.72 bits per heavy atom. The third-order valence-electron chi connectivity index (χ3n) is 2.36. The molecule has 0 fully saturated rings. The summed E-state index contributed by atoms with van der Waals surface area (Å²) < 4.78 is 0. The number of hydrogen-bond donors (Lipinski definition) is 2. The number of nitrogen functional groups attached to an aromatic ring is 1. The topological polar surface area (TPSA) is 80.9 Å². The van der Waals surface area contributed by atoms with Crippen molar-refractivity contribution in [1.82, 2.24) is 9.97 Å². The third kappa shape index (κ3) is 2.82. The minimum atomic E-state index is -0.320. The number of amides is 1. The van der Waals surface area contributed by atoms with Gasteiger partial charge in [0.2, 0.25) is 0 Å². The van der Waals surface area contributed by atoms with Gasteiger partial charge in [0.25, 0.3) is 5.91 Å². The highest BCUT2D eigenvalue weighted by Crippen LogP contribution is 2.11. The Hall–Kier alpha value is -2.43. The Balaban J connectivity index is 2.21. The van der Waals surface area contributed by atoms with Crippen LogP contribution in [0.4, 0.5) is 11.5 Å². The number of nitrogens with one attached hydrogen (secondary N) is 1. The molecule has 0 aromatic carbocycles. The maximum atomic E-state index is 11.9. The number of aryl methyl sites for hydroxylation is 2. The SMILES string of the molecule is Cc1cc(C)nc(NC(=O)c2cc(N)ccn2)c1. The van der Waals surface area contributed by atoms with Crippen LogP contribution in [0.15, 0.2) is 30.5 Å². The number of anilines is 2. The summed E-state index contributed by atoms with van der Waals surface area (Å²) in [6, 6.07) is 6.90. The molecule has 1 amide bonds. The van der Waals surface area contributed by atoms with Gasteiger partial charge in [-0.2, -0.15) is 0 Å². The van der Waals surface area contributed by atoms with Crippen molar-refractivity contribution in [3.8, 4) is 0 Å². The summed E-state index contributed by atoms with van der Waals surface area (Å²) in [5, 5.41) is 2.70. The number of rotatable bonds is 2. The quantitative estimate of drug-likeness (QED) is 0.843. The summed E-state index contributed by atoms with van der Waals surface area (Å²) >= 11 is 0. The Labute approximate surface area is 105 Å². The van der Waals surface area contributed by atoms with E-state index >= 15 is 0 Å². The number of aromatic nitrogens is 2. The van der Waals surface area contributed by atoms with E-state index in [0.717, 1.165) is 11.3 Å². The van der Waals surface area contributed by atoms with Gasteiger partial charge in [-0.1, -0.05) is 0 Å². The van der Waals surface area contributed by atoms with Gasteiger partial charge in [-0.05, 0) is 43.7 Å². The molecule has 0 radical (unpaired) electrons. The molecule has 0 aliphatic carbocycles. The molecule has 0 saturated heterocycles. The van der Waals surface area contributed by atoms with Crippen molar-refractivity contribution < 1.29 is 4.79 Å². The van der Waals surface area contributed by atoms with E-state index in [0.29, 0.717) is 11.5 Å². The molecule has 0 atom stereocenters. The van der Waals surface area contributed by atoms with Crippen LogP contribution in [-0.2, 0) is 0 Å². The van der Waals surface area contributed by atoms with Crippen molar-refractivity contribution in [2.45, 2.75) is 13.8 Å². The average Bonchev–Trinajstić information content (AvgIpc) is 2.27. The third-order valence-corrected chi connectivity index (χ3v) is 2.36. The van der Waals surface area contributed by atoms with E-state index in [1.807, 2.05) is 19.9 Å². The van der Waals surface area contributed by atoms with E-state index in [1.165, 1.54) is 12.3 Å². The first kappa shape index (κ1) is 12.0. The molecule has 5 heteroatoms. The molecule has 0 aliphatic rings. The van der Waals surface area contributed by atoms with Crippen LogP contribution in [0, 0.1) is 13.8 Å². The van der Waals surface area contributed by atoms with Gasteiger partial charge in [0.15, 0.2) is 0 Å². The second-order valence-electron chi connectivity index (χ2n) is 4.10. The Morgan fingerprint density at radius 1 is 1.28 bits per heavy atom. The molecule has 0 unspecified atom stereocenters. The first-order valence-electron chi connectivity index (χ1n) is 5.53. The molecule has 3 N–H and O–H groups in total. The summed E-state index contributed by atoms with van der Waals surface area (Å²) in [6.45, 7) is 3.82. The van der Waals surface area contributed by atoms with E-state index < -0.39 is 0 Å². The minimum Gasteiger partial charge on any atom is -0.399 e. The number of pyridine rings is 2. The molecule has 2 aromatic rings. The zero-order chi connectivity index (χ0) is 13.1. The summed E-state index contributed by atoms with van der Waals surface area (Å²) in [6.07, 6.45) is 1.50. The molecule has 0 spiro atoms. The lowest BCUT2D eigenvalue weighted by atomic mass is 10.2. The lowest BCUT2D eigenvalue weighted by molar-refractivity contribution is 0.102. The Bertz CT molecular complexity index is 575. The van der Waals surface area contributed by atoms with Gasteiger partial charge in [-0.3, -0.25) is 9.78 Å². The molecule has 2 rings (SSSR count). The van der Waals surface area contributed by atoms with Gasteiger partial charge >= 0.3 is 0 Å². The van der Waals surface area contributed by atoms with Crippen LogP contribution in [0.25, 0.3) is 0 Å². The zero-order valence-corrected chi connectivity index (χ0v) is 10.3. The fourth-order valence-corrected chi connectivity index (χ4v) is 1.66.